The molecule has 1 aromatic carbocycles. The van der Waals surface area contributed by atoms with Gasteiger partial charge in [-0.05, 0) is 18.2 Å². The molecule has 1 aliphatic heterocycles. The van der Waals surface area contributed by atoms with Gasteiger partial charge in [0.2, 0.25) is 12.3 Å². The van der Waals surface area contributed by atoms with Crippen LogP contribution in [-0.2, 0) is 9.53 Å². The maximum Gasteiger partial charge on any atom is 0.251 e. The third-order valence-electron chi connectivity index (χ3n) is 2.72. The first-order valence-corrected chi connectivity index (χ1v) is 6.15. The van der Waals surface area contributed by atoms with Crippen LogP contribution >= 0.6 is 0 Å². The number of carbonyl (C=O) groups excluding carboxylic acids is 1. The summed E-state index contributed by atoms with van der Waals surface area (Å²) in [6.45, 7) is 2.64. The number of epoxide rings is 1. The Hall–Kier alpha value is -2.41. The van der Waals surface area contributed by atoms with E-state index >= 15 is 0 Å². The van der Waals surface area contributed by atoms with Crippen LogP contribution < -0.4 is 10.1 Å². The Labute approximate surface area is 114 Å². The molecule has 2 heterocycles. The summed E-state index contributed by atoms with van der Waals surface area (Å²) < 4.78 is 16.0. The van der Waals surface area contributed by atoms with Crippen LogP contribution in [0.2, 0.25) is 0 Å². The Morgan fingerprint density at radius 3 is 3.05 bits per heavy atom. The van der Waals surface area contributed by atoms with E-state index in [1.807, 2.05) is 0 Å². The number of anilines is 1. The lowest BCUT2D eigenvalue weighted by atomic mass is 10.1. The van der Waals surface area contributed by atoms with E-state index in [2.05, 4.69) is 15.5 Å². The summed E-state index contributed by atoms with van der Waals surface area (Å²) in [6, 6.07) is 5.25. The predicted molar refractivity (Wildman–Crippen MR) is 69.3 cm³/mol. The molecule has 0 radical (unpaired) electrons. The molecule has 7 heteroatoms. The first-order valence-electron chi connectivity index (χ1n) is 6.15. The summed E-state index contributed by atoms with van der Waals surface area (Å²) in [4.78, 5) is 11.1. The molecule has 1 amide bonds. The van der Waals surface area contributed by atoms with Gasteiger partial charge in [0.1, 0.15) is 18.5 Å². The summed E-state index contributed by atoms with van der Waals surface area (Å²) in [5.74, 6) is 0.796. The maximum atomic E-state index is 11.1. The highest BCUT2D eigenvalue weighted by molar-refractivity contribution is 5.89. The second kappa shape index (κ2) is 5.30. The van der Waals surface area contributed by atoms with Crippen molar-refractivity contribution in [2.45, 2.75) is 13.0 Å². The number of benzene rings is 1. The summed E-state index contributed by atoms with van der Waals surface area (Å²) in [6.07, 6.45) is 1.40. The van der Waals surface area contributed by atoms with E-state index in [4.69, 9.17) is 13.9 Å². The maximum absolute atomic E-state index is 11.1. The van der Waals surface area contributed by atoms with Crippen LogP contribution in [0.25, 0.3) is 11.5 Å². The van der Waals surface area contributed by atoms with Crippen LogP contribution in [0.15, 0.2) is 29.0 Å². The third kappa shape index (κ3) is 2.94. The minimum absolute atomic E-state index is 0.151. The highest BCUT2D eigenvalue weighted by Crippen LogP contribution is 2.32. The number of hydrogen-bond donors (Lipinski definition) is 1. The number of nitrogens with one attached hydrogen (secondary N) is 1. The van der Waals surface area contributed by atoms with Gasteiger partial charge in [-0.15, -0.1) is 10.2 Å². The predicted octanol–water partition coefficient (Wildman–Crippen LogP) is 1.47. The molecule has 0 saturated carbocycles. The van der Waals surface area contributed by atoms with Crippen molar-refractivity contribution in [3.8, 4) is 17.2 Å². The van der Waals surface area contributed by atoms with Crippen molar-refractivity contribution in [3.05, 3.63) is 24.6 Å². The zero-order valence-electron chi connectivity index (χ0n) is 10.8. The van der Waals surface area contributed by atoms with E-state index in [1.54, 1.807) is 18.2 Å². The second-order valence-electron chi connectivity index (χ2n) is 4.40. The molecule has 0 bridgehead atoms. The number of amides is 1. The lowest BCUT2D eigenvalue weighted by molar-refractivity contribution is -0.114. The number of carbonyl (C=O) groups is 1. The average molecular weight is 275 g/mol. The zero-order chi connectivity index (χ0) is 13.9. The highest BCUT2D eigenvalue weighted by atomic mass is 16.6. The first kappa shape index (κ1) is 12.6. The van der Waals surface area contributed by atoms with Gasteiger partial charge >= 0.3 is 0 Å². The van der Waals surface area contributed by atoms with Crippen molar-refractivity contribution in [2.24, 2.45) is 0 Å². The van der Waals surface area contributed by atoms with E-state index in [1.165, 1.54) is 13.3 Å². The van der Waals surface area contributed by atoms with E-state index in [0.717, 1.165) is 6.61 Å². The van der Waals surface area contributed by atoms with Crippen molar-refractivity contribution >= 4 is 11.6 Å². The van der Waals surface area contributed by atoms with Crippen molar-refractivity contribution < 1.29 is 18.7 Å². The van der Waals surface area contributed by atoms with Gasteiger partial charge in [0.25, 0.3) is 5.89 Å². The number of rotatable bonds is 5. The smallest absolute Gasteiger partial charge is 0.251 e. The minimum atomic E-state index is -0.151. The van der Waals surface area contributed by atoms with Crippen molar-refractivity contribution in [2.75, 3.05) is 18.5 Å². The lowest BCUT2D eigenvalue weighted by Gasteiger charge is -2.10. The molecular formula is C13H13N3O4. The van der Waals surface area contributed by atoms with E-state index in [-0.39, 0.29) is 12.0 Å². The normalized spacial score (nSPS) is 16.8. The van der Waals surface area contributed by atoms with Gasteiger partial charge in [0.15, 0.2) is 0 Å². The molecule has 1 atom stereocenters. The number of hydrogen-bond acceptors (Lipinski definition) is 6. The molecule has 3 rings (SSSR count). The SMILES string of the molecule is CC(=O)Nc1ccc(OCC2CO2)c(-c2nnco2)c1. The third-order valence-corrected chi connectivity index (χ3v) is 2.72. The Kier molecular flexibility index (Phi) is 3.34. The van der Waals surface area contributed by atoms with E-state index in [9.17, 15) is 4.79 Å². The molecule has 2 aromatic rings. The molecule has 7 nitrogen and oxygen atoms in total. The van der Waals surface area contributed by atoms with Crippen LogP contribution in [0.1, 0.15) is 6.92 Å². The Bertz CT molecular complexity index is 608. The summed E-state index contributed by atoms with van der Waals surface area (Å²) >= 11 is 0. The average Bonchev–Trinajstić information content (AvgIpc) is 3.09. The summed E-state index contributed by atoms with van der Waals surface area (Å²) in [7, 11) is 0. The Morgan fingerprint density at radius 2 is 2.40 bits per heavy atom. The molecule has 0 spiro atoms. The molecule has 104 valence electrons. The van der Waals surface area contributed by atoms with Gasteiger partial charge in [-0.2, -0.15) is 0 Å². The Balaban J connectivity index is 1.88. The fraction of sp³-hybridized carbons (Fsp3) is 0.308. The fourth-order valence-electron chi connectivity index (χ4n) is 1.74. The number of ether oxygens (including phenoxy) is 2. The molecule has 1 N–H and O–H groups in total. The monoisotopic (exact) mass is 275 g/mol. The van der Waals surface area contributed by atoms with Crippen LogP contribution in [0, 0.1) is 0 Å². The molecule has 1 aliphatic rings. The van der Waals surface area contributed by atoms with E-state index in [0.29, 0.717) is 29.5 Å². The standard InChI is InChI=1S/C13H13N3O4/c1-8(17)15-9-2-3-12(19-6-10-5-18-10)11(4-9)13-16-14-7-20-13/h2-4,7,10H,5-6H2,1H3,(H,15,17). The number of nitrogens with zero attached hydrogens (tertiary/aromatic N) is 2. The topological polar surface area (TPSA) is 89.8 Å². The van der Waals surface area contributed by atoms with Gasteiger partial charge in [0.05, 0.1) is 12.2 Å². The van der Waals surface area contributed by atoms with Gasteiger partial charge in [-0.25, -0.2) is 0 Å². The molecule has 1 saturated heterocycles. The highest BCUT2D eigenvalue weighted by Gasteiger charge is 2.24. The van der Waals surface area contributed by atoms with Gasteiger partial charge in [0, 0.05) is 12.6 Å². The summed E-state index contributed by atoms with van der Waals surface area (Å²) in [5.41, 5.74) is 1.27. The lowest BCUT2D eigenvalue weighted by Crippen LogP contribution is -2.07. The second-order valence-corrected chi connectivity index (χ2v) is 4.40. The molecule has 1 aromatic heterocycles. The van der Waals surface area contributed by atoms with Crippen LogP contribution in [0.3, 0.4) is 0 Å². The van der Waals surface area contributed by atoms with Gasteiger partial charge in [-0.1, -0.05) is 0 Å². The van der Waals surface area contributed by atoms with Crippen molar-refractivity contribution in [1.82, 2.24) is 10.2 Å². The molecule has 1 unspecified atom stereocenters. The zero-order valence-corrected chi connectivity index (χ0v) is 10.8. The molecular weight excluding hydrogens is 262 g/mol. The van der Waals surface area contributed by atoms with Crippen molar-refractivity contribution in [1.29, 1.82) is 0 Å². The first-order chi connectivity index (χ1) is 9.72. The molecule has 0 aliphatic carbocycles. The quantitative estimate of drug-likeness (QED) is 0.831. The number of aromatic nitrogens is 2. The van der Waals surface area contributed by atoms with Gasteiger partial charge in [-0.3, -0.25) is 4.79 Å². The summed E-state index contributed by atoms with van der Waals surface area (Å²) in [5, 5.41) is 10.2. The van der Waals surface area contributed by atoms with Crippen LogP contribution in [-0.4, -0.2) is 35.4 Å². The van der Waals surface area contributed by atoms with Gasteiger partial charge < -0.3 is 19.2 Å². The van der Waals surface area contributed by atoms with Crippen LogP contribution in [0.4, 0.5) is 5.69 Å². The Morgan fingerprint density at radius 1 is 1.55 bits per heavy atom. The van der Waals surface area contributed by atoms with E-state index < -0.39 is 0 Å². The van der Waals surface area contributed by atoms with Crippen molar-refractivity contribution in [3.63, 3.8) is 0 Å². The fourth-order valence-corrected chi connectivity index (χ4v) is 1.74. The van der Waals surface area contributed by atoms with Crippen LogP contribution in [0.5, 0.6) is 5.75 Å². The minimum Gasteiger partial charge on any atom is -0.490 e. The largest absolute Gasteiger partial charge is 0.490 e. The molecule has 1 fully saturated rings. The molecule has 20 heavy (non-hydrogen) atoms.